The van der Waals surface area contributed by atoms with E-state index in [1.54, 1.807) is 0 Å². The molecule has 3 rings (SSSR count). The largest absolute Gasteiger partial charge is 0.399 e. The molecule has 23 heavy (non-hydrogen) atoms. The molecular weight excluding hydrogens is 314 g/mol. The van der Waals surface area contributed by atoms with E-state index in [4.69, 9.17) is 9.84 Å². The van der Waals surface area contributed by atoms with E-state index >= 15 is 0 Å². The lowest BCUT2D eigenvalue weighted by molar-refractivity contribution is -0.227. The summed E-state index contributed by atoms with van der Waals surface area (Å²) in [6.07, 6.45) is -2.09. The van der Waals surface area contributed by atoms with Crippen LogP contribution in [0.1, 0.15) is 13.3 Å². The van der Waals surface area contributed by atoms with E-state index in [2.05, 4.69) is 15.3 Å². The predicted molar refractivity (Wildman–Crippen MR) is 72.7 cm³/mol. The Bertz CT molecular complexity index is 550. The topological polar surface area (TPSA) is 170 Å². The van der Waals surface area contributed by atoms with Gasteiger partial charge in [-0.25, -0.2) is 0 Å². The van der Waals surface area contributed by atoms with Gasteiger partial charge < -0.3 is 40.6 Å². The summed E-state index contributed by atoms with van der Waals surface area (Å²) in [5, 5.41) is 47.5. The van der Waals surface area contributed by atoms with Gasteiger partial charge in [0.15, 0.2) is 0 Å². The summed E-state index contributed by atoms with van der Waals surface area (Å²) >= 11 is 0. The lowest BCUT2D eigenvalue weighted by atomic mass is 9.85. The molecule has 2 bridgehead atoms. The summed E-state index contributed by atoms with van der Waals surface area (Å²) in [5.74, 6) is -2.23. The van der Waals surface area contributed by atoms with E-state index in [0.717, 1.165) is 6.92 Å². The number of piperazine rings is 1. The fourth-order valence-electron chi connectivity index (χ4n) is 2.44. The minimum absolute atomic E-state index is 0.0895. The molecule has 0 spiro atoms. The maximum absolute atomic E-state index is 12.4. The molecule has 11 nitrogen and oxygen atoms in total. The number of aliphatic hydroxyl groups excluding tert-OH is 2. The van der Waals surface area contributed by atoms with E-state index in [1.165, 1.54) is 7.11 Å². The zero-order valence-electron chi connectivity index (χ0n) is 12.6. The molecule has 0 saturated carbocycles. The molecule has 3 saturated heterocycles. The molecule has 2 amide bonds. The molecule has 0 aromatic carbocycles. The van der Waals surface area contributed by atoms with Gasteiger partial charge in [0.2, 0.25) is 0 Å². The van der Waals surface area contributed by atoms with Gasteiger partial charge in [-0.05, 0) is 6.92 Å². The summed E-state index contributed by atoms with van der Waals surface area (Å²) < 4.78 is 5.30. The Hall–Kier alpha value is -1.79. The van der Waals surface area contributed by atoms with Crippen molar-refractivity contribution < 1.29 is 39.6 Å². The van der Waals surface area contributed by atoms with E-state index < -0.39 is 41.6 Å². The number of carbonyl (C=O) groups excluding carboxylic acids is 2. The van der Waals surface area contributed by atoms with Crippen molar-refractivity contribution in [2.45, 2.75) is 36.5 Å². The highest BCUT2D eigenvalue weighted by Crippen LogP contribution is 2.30. The summed E-state index contributed by atoms with van der Waals surface area (Å²) in [6, 6.07) is 0. The van der Waals surface area contributed by atoms with Crippen LogP contribution in [0, 0.1) is 0 Å². The third-order valence-corrected chi connectivity index (χ3v) is 3.84. The maximum atomic E-state index is 12.4. The van der Waals surface area contributed by atoms with E-state index in [-0.39, 0.29) is 18.7 Å². The number of amides is 2. The Labute approximate surface area is 130 Å². The van der Waals surface area contributed by atoms with Gasteiger partial charge in [0.25, 0.3) is 23.3 Å². The molecule has 0 radical (unpaired) electrons. The molecule has 0 aliphatic carbocycles. The van der Waals surface area contributed by atoms with Crippen molar-refractivity contribution in [2.75, 3.05) is 20.3 Å². The first-order valence-electron chi connectivity index (χ1n) is 6.77. The van der Waals surface area contributed by atoms with E-state index in [9.17, 15) is 24.9 Å². The van der Waals surface area contributed by atoms with Crippen LogP contribution in [-0.2, 0) is 19.2 Å². The number of nitrogens with zero attached hydrogens (tertiary/aromatic N) is 1. The fourth-order valence-corrected chi connectivity index (χ4v) is 2.44. The van der Waals surface area contributed by atoms with Crippen molar-refractivity contribution in [2.24, 2.45) is 5.16 Å². The minimum atomic E-state index is -2.47. The summed E-state index contributed by atoms with van der Waals surface area (Å²) in [7, 11) is 1.20. The second-order valence-corrected chi connectivity index (χ2v) is 5.59. The zero-order valence-corrected chi connectivity index (χ0v) is 12.6. The van der Waals surface area contributed by atoms with E-state index in [0.29, 0.717) is 0 Å². The third kappa shape index (κ3) is 2.56. The van der Waals surface area contributed by atoms with Gasteiger partial charge in [0.1, 0.15) is 24.5 Å². The van der Waals surface area contributed by atoms with Crippen molar-refractivity contribution >= 4 is 17.5 Å². The van der Waals surface area contributed by atoms with Gasteiger partial charge in [-0.2, -0.15) is 0 Å². The van der Waals surface area contributed by atoms with Crippen LogP contribution >= 0.6 is 0 Å². The molecular formula is C12H19N3O8. The maximum Gasteiger partial charge on any atom is 0.282 e. The van der Waals surface area contributed by atoms with Gasteiger partial charge in [0.05, 0.1) is 13.2 Å². The van der Waals surface area contributed by atoms with Crippen LogP contribution < -0.4 is 10.6 Å². The average Bonchev–Trinajstić information content (AvgIpc) is 2.49. The quantitative estimate of drug-likeness (QED) is 0.284. The first-order valence-corrected chi connectivity index (χ1v) is 6.77. The molecule has 0 aromatic rings. The molecule has 3 fully saturated rings. The SMILES string of the molecule is CON=C1CCO[C@]2([C@@H](O)[C@@](C)(O)CO)NC(=O)[C@@]1(O)NC2=O. The Balaban J connectivity index is 2.47. The normalized spacial score (nSPS) is 36.5. The third-order valence-electron chi connectivity index (χ3n) is 3.84. The smallest absolute Gasteiger partial charge is 0.282 e. The number of nitrogens with one attached hydrogen (secondary N) is 2. The lowest BCUT2D eigenvalue weighted by Crippen LogP contribution is -2.84. The number of oxime groups is 1. The molecule has 0 aromatic heterocycles. The van der Waals surface area contributed by atoms with Gasteiger partial charge in [-0.15, -0.1) is 0 Å². The number of hydrogen-bond acceptors (Lipinski definition) is 9. The molecule has 130 valence electrons. The number of hydrogen-bond donors (Lipinski definition) is 6. The number of carbonyl (C=O) groups is 2. The highest BCUT2D eigenvalue weighted by Gasteiger charge is 2.64. The fraction of sp³-hybridized carbons (Fsp3) is 0.750. The van der Waals surface area contributed by atoms with Crippen molar-refractivity contribution in [1.82, 2.24) is 10.6 Å². The Kier molecular flexibility index (Phi) is 4.34. The highest BCUT2D eigenvalue weighted by molar-refractivity contribution is 6.17. The lowest BCUT2D eigenvalue weighted by Gasteiger charge is -2.49. The van der Waals surface area contributed by atoms with Crippen LogP contribution in [0.25, 0.3) is 0 Å². The van der Waals surface area contributed by atoms with Crippen molar-refractivity contribution in [1.29, 1.82) is 0 Å². The molecule has 3 heterocycles. The van der Waals surface area contributed by atoms with Crippen LogP contribution in [0.15, 0.2) is 5.16 Å². The second kappa shape index (κ2) is 5.69. The average molecular weight is 333 g/mol. The number of rotatable bonds is 4. The molecule has 3 aliphatic heterocycles. The number of ether oxygens (including phenoxy) is 1. The first-order chi connectivity index (χ1) is 10.6. The summed E-state index contributed by atoms with van der Waals surface area (Å²) in [5.41, 5.74) is -7.18. The van der Waals surface area contributed by atoms with Gasteiger partial charge in [-0.3, -0.25) is 9.59 Å². The molecule has 3 aliphatic rings. The van der Waals surface area contributed by atoms with Gasteiger partial charge in [-0.1, -0.05) is 5.16 Å². The van der Waals surface area contributed by atoms with Crippen molar-refractivity contribution in [3.05, 3.63) is 0 Å². The van der Waals surface area contributed by atoms with Crippen LogP contribution in [0.2, 0.25) is 0 Å². The Morgan fingerprint density at radius 2 is 2.09 bits per heavy atom. The number of aliphatic hydroxyl groups is 4. The van der Waals surface area contributed by atoms with Gasteiger partial charge in [0, 0.05) is 6.42 Å². The second-order valence-electron chi connectivity index (χ2n) is 5.59. The van der Waals surface area contributed by atoms with E-state index in [1.807, 2.05) is 5.32 Å². The number of fused-ring (bicyclic) bond motifs is 5. The zero-order chi connectivity index (χ0) is 17.5. The Morgan fingerprint density at radius 1 is 1.43 bits per heavy atom. The Morgan fingerprint density at radius 3 is 2.65 bits per heavy atom. The molecule has 0 unspecified atom stereocenters. The van der Waals surface area contributed by atoms with Crippen molar-refractivity contribution in [3.8, 4) is 0 Å². The molecule has 4 atom stereocenters. The van der Waals surface area contributed by atoms with Crippen molar-refractivity contribution in [3.63, 3.8) is 0 Å². The summed E-state index contributed by atoms with van der Waals surface area (Å²) in [4.78, 5) is 29.2. The van der Waals surface area contributed by atoms with Gasteiger partial charge >= 0.3 is 0 Å². The van der Waals surface area contributed by atoms with Crippen LogP contribution in [0.4, 0.5) is 0 Å². The monoisotopic (exact) mass is 333 g/mol. The summed E-state index contributed by atoms with van der Waals surface area (Å²) in [6.45, 7) is -0.0631. The van der Waals surface area contributed by atoms with Crippen LogP contribution in [0.3, 0.4) is 0 Å². The van der Waals surface area contributed by atoms with Crippen LogP contribution in [-0.4, -0.2) is 81.4 Å². The molecule has 11 heteroatoms. The minimum Gasteiger partial charge on any atom is -0.399 e. The van der Waals surface area contributed by atoms with Crippen LogP contribution in [0.5, 0.6) is 0 Å². The molecule has 6 N–H and O–H groups in total. The predicted octanol–water partition coefficient (Wildman–Crippen LogP) is -3.86. The highest BCUT2D eigenvalue weighted by atomic mass is 16.6. The standard InChI is InChI=1S/C12H19N3O8/c1-10(20,5-16)7(17)12-9(19)13-11(21,8(18)14-12)6(15-22-2)3-4-23-12/h7,16-17,20-21H,3-5H2,1-2H3,(H,13,19)(H,14,18)/t7-,10-,11+,12-/m0/s1. The first kappa shape index (κ1) is 17.6.